The summed E-state index contributed by atoms with van der Waals surface area (Å²) in [6, 6.07) is 8.91. The Balaban J connectivity index is 1.69. The summed E-state index contributed by atoms with van der Waals surface area (Å²) in [5, 5.41) is 12.4. The molecule has 0 bridgehead atoms. The molecular weight excluding hydrogens is 325 g/mol. The minimum atomic E-state index is -1.10. The summed E-state index contributed by atoms with van der Waals surface area (Å²) in [4.78, 5) is 24.0. The summed E-state index contributed by atoms with van der Waals surface area (Å²) in [6.45, 7) is 2.27. The zero-order chi connectivity index (χ0) is 16.2. The van der Waals surface area contributed by atoms with Crippen molar-refractivity contribution in [2.75, 3.05) is 6.54 Å². The van der Waals surface area contributed by atoms with E-state index in [1.165, 1.54) is 0 Å². The van der Waals surface area contributed by atoms with E-state index in [1.54, 1.807) is 24.3 Å². The van der Waals surface area contributed by atoms with Crippen LogP contribution in [0.1, 0.15) is 25.3 Å². The predicted octanol–water partition coefficient (Wildman–Crippen LogP) is 2.73. The van der Waals surface area contributed by atoms with Gasteiger partial charge in [0.1, 0.15) is 9.75 Å². The Morgan fingerprint density at radius 1 is 1.32 bits per heavy atom. The molecule has 4 nitrogen and oxygen atoms in total. The Morgan fingerprint density at radius 3 is 2.41 bits per heavy atom. The topological polar surface area (TPSA) is 66.4 Å². The van der Waals surface area contributed by atoms with E-state index in [1.807, 2.05) is 13.0 Å². The van der Waals surface area contributed by atoms with Gasteiger partial charge in [0.05, 0.1) is 5.92 Å². The van der Waals surface area contributed by atoms with Crippen LogP contribution < -0.4 is 5.32 Å². The van der Waals surface area contributed by atoms with Gasteiger partial charge in [0.25, 0.3) is 0 Å². The molecule has 1 amide bonds. The molecule has 0 saturated heterocycles. The van der Waals surface area contributed by atoms with Gasteiger partial charge >= 0.3 is 5.97 Å². The molecule has 1 unspecified atom stereocenters. The molecule has 6 heteroatoms. The molecule has 1 aromatic carbocycles. The van der Waals surface area contributed by atoms with Crippen LogP contribution in [0.25, 0.3) is 0 Å². The SMILES string of the molecule is CC1(CNC(=O)[C@@H]2C[C@@]2(C(=O)O)c2ccccc2)CC1(Cl)Cl. The number of carboxylic acid groups (broad SMARTS) is 1. The van der Waals surface area contributed by atoms with Gasteiger partial charge in [-0.05, 0) is 18.4 Å². The van der Waals surface area contributed by atoms with E-state index in [0.29, 0.717) is 24.9 Å². The highest BCUT2D eigenvalue weighted by Crippen LogP contribution is 2.63. The quantitative estimate of drug-likeness (QED) is 0.809. The third-order valence-electron chi connectivity index (χ3n) is 4.97. The van der Waals surface area contributed by atoms with Crippen molar-refractivity contribution in [1.82, 2.24) is 5.32 Å². The molecule has 0 heterocycles. The van der Waals surface area contributed by atoms with Crippen LogP contribution in [0.3, 0.4) is 0 Å². The van der Waals surface area contributed by atoms with Crippen molar-refractivity contribution in [3.05, 3.63) is 35.9 Å². The number of hydrogen-bond donors (Lipinski definition) is 2. The molecule has 3 rings (SSSR count). The van der Waals surface area contributed by atoms with Crippen molar-refractivity contribution in [3.8, 4) is 0 Å². The number of carboxylic acids is 1. The van der Waals surface area contributed by atoms with Crippen LogP contribution in [-0.4, -0.2) is 27.9 Å². The number of alkyl halides is 2. The molecule has 2 saturated carbocycles. The van der Waals surface area contributed by atoms with Gasteiger partial charge in [0.15, 0.2) is 0 Å². The van der Waals surface area contributed by atoms with Crippen molar-refractivity contribution >= 4 is 35.1 Å². The van der Waals surface area contributed by atoms with E-state index in [4.69, 9.17) is 23.2 Å². The van der Waals surface area contributed by atoms with E-state index >= 15 is 0 Å². The second-order valence-electron chi connectivity index (χ2n) is 6.56. The number of nitrogens with one attached hydrogen (secondary N) is 1. The Bertz CT molecular complexity index is 634. The molecule has 1 aromatic rings. The predicted molar refractivity (Wildman–Crippen MR) is 84.0 cm³/mol. The number of halogens is 2. The number of carbonyl (C=O) groups is 2. The zero-order valence-electron chi connectivity index (χ0n) is 12.1. The molecular formula is C16H17Cl2NO3. The molecule has 22 heavy (non-hydrogen) atoms. The van der Waals surface area contributed by atoms with E-state index in [9.17, 15) is 14.7 Å². The van der Waals surface area contributed by atoms with Gasteiger partial charge in [-0.1, -0.05) is 37.3 Å². The van der Waals surface area contributed by atoms with E-state index in [-0.39, 0.29) is 11.3 Å². The first-order chi connectivity index (χ1) is 10.2. The van der Waals surface area contributed by atoms with Crippen molar-refractivity contribution in [1.29, 1.82) is 0 Å². The average molecular weight is 342 g/mol. The molecule has 0 aromatic heterocycles. The van der Waals surface area contributed by atoms with E-state index in [2.05, 4.69) is 5.32 Å². The highest BCUT2D eigenvalue weighted by atomic mass is 35.5. The summed E-state index contributed by atoms with van der Waals surface area (Å²) in [5.74, 6) is -1.75. The van der Waals surface area contributed by atoms with Crippen LogP contribution in [0, 0.1) is 11.3 Å². The minimum absolute atomic E-state index is 0.247. The first kappa shape index (κ1) is 15.6. The Morgan fingerprint density at radius 2 is 1.91 bits per heavy atom. The molecule has 0 radical (unpaired) electrons. The smallest absolute Gasteiger partial charge is 0.314 e. The second kappa shape index (κ2) is 4.87. The van der Waals surface area contributed by atoms with Crippen molar-refractivity contribution in [3.63, 3.8) is 0 Å². The third kappa shape index (κ3) is 2.29. The van der Waals surface area contributed by atoms with Crippen molar-refractivity contribution in [2.24, 2.45) is 11.3 Å². The highest BCUT2D eigenvalue weighted by molar-refractivity contribution is 6.51. The van der Waals surface area contributed by atoms with Gasteiger partial charge in [-0.3, -0.25) is 9.59 Å². The fourth-order valence-electron chi connectivity index (χ4n) is 3.04. The maximum Gasteiger partial charge on any atom is 0.314 e. The fraction of sp³-hybridized carbons (Fsp3) is 0.500. The number of benzene rings is 1. The normalized spacial score (nSPS) is 34.8. The summed E-state index contributed by atoms with van der Waals surface area (Å²) in [7, 11) is 0. The highest BCUT2D eigenvalue weighted by Gasteiger charge is 2.66. The Kier molecular flexibility index (Phi) is 3.46. The molecule has 2 aliphatic rings. The van der Waals surface area contributed by atoms with Crippen LogP contribution in [0.2, 0.25) is 0 Å². The maximum absolute atomic E-state index is 12.3. The number of aliphatic carboxylic acids is 1. The molecule has 3 atom stereocenters. The lowest BCUT2D eigenvalue weighted by Gasteiger charge is -2.15. The molecule has 0 spiro atoms. The number of amides is 1. The summed E-state index contributed by atoms with van der Waals surface area (Å²) < 4.78 is -0.798. The van der Waals surface area contributed by atoms with Crippen LogP contribution in [-0.2, 0) is 15.0 Å². The maximum atomic E-state index is 12.3. The molecule has 118 valence electrons. The zero-order valence-corrected chi connectivity index (χ0v) is 13.6. The van der Waals surface area contributed by atoms with Crippen LogP contribution in [0.15, 0.2) is 30.3 Å². The number of rotatable bonds is 5. The van der Waals surface area contributed by atoms with Gasteiger partial charge < -0.3 is 10.4 Å². The monoisotopic (exact) mass is 341 g/mol. The molecule has 2 fully saturated rings. The third-order valence-corrected chi connectivity index (χ3v) is 6.15. The standard InChI is InChI=1S/C16H17Cl2NO3/c1-14(8-16(14,17)18)9-19-12(20)11-7-15(11,13(21)22)10-5-3-2-4-6-10/h2-6,11H,7-9H2,1H3,(H,19,20)(H,21,22)/t11-,14?,15+/m0/s1. The lowest BCUT2D eigenvalue weighted by molar-refractivity contribution is -0.141. The van der Waals surface area contributed by atoms with Gasteiger partial charge in [0.2, 0.25) is 5.91 Å². The summed E-state index contributed by atoms with van der Waals surface area (Å²) in [6.07, 6.45) is 0.943. The molecule has 2 N–H and O–H groups in total. The Labute approximate surface area is 138 Å². The van der Waals surface area contributed by atoms with Crippen LogP contribution in [0.5, 0.6) is 0 Å². The lowest BCUT2D eigenvalue weighted by atomic mass is 9.93. The lowest BCUT2D eigenvalue weighted by Crippen LogP contribution is -2.36. The van der Waals surface area contributed by atoms with Gasteiger partial charge in [-0.25, -0.2) is 0 Å². The summed E-state index contributed by atoms with van der Waals surface area (Å²) in [5.41, 5.74) is -0.766. The molecule has 2 aliphatic carbocycles. The first-order valence-electron chi connectivity index (χ1n) is 7.17. The summed E-state index contributed by atoms with van der Waals surface area (Å²) >= 11 is 12.1. The van der Waals surface area contributed by atoms with Gasteiger partial charge in [-0.2, -0.15) is 0 Å². The van der Waals surface area contributed by atoms with Crippen molar-refractivity contribution < 1.29 is 14.7 Å². The van der Waals surface area contributed by atoms with E-state index < -0.39 is 21.6 Å². The largest absolute Gasteiger partial charge is 0.481 e. The number of hydrogen-bond acceptors (Lipinski definition) is 2. The first-order valence-corrected chi connectivity index (χ1v) is 7.93. The average Bonchev–Trinajstić information content (AvgIpc) is 3.32. The second-order valence-corrected chi connectivity index (χ2v) is 8.04. The number of carbonyl (C=O) groups excluding carboxylic acids is 1. The fourth-order valence-corrected chi connectivity index (χ4v) is 3.76. The van der Waals surface area contributed by atoms with Crippen LogP contribution in [0.4, 0.5) is 0 Å². The minimum Gasteiger partial charge on any atom is -0.481 e. The molecule has 0 aliphatic heterocycles. The van der Waals surface area contributed by atoms with Gasteiger partial charge in [-0.15, -0.1) is 23.2 Å². The van der Waals surface area contributed by atoms with Gasteiger partial charge in [0, 0.05) is 12.0 Å². The van der Waals surface area contributed by atoms with Crippen LogP contribution >= 0.6 is 23.2 Å². The van der Waals surface area contributed by atoms with E-state index in [0.717, 1.165) is 0 Å². The van der Waals surface area contributed by atoms with Crippen molar-refractivity contribution in [2.45, 2.75) is 29.5 Å². The Hall–Kier alpha value is -1.26.